The number of carbonyl (C=O) groups is 2. The van der Waals surface area contributed by atoms with Gasteiger partial charge >= 0.3 is 12.0 Å². The van der Waals surface area contributed by atoms with Gasteiger partial charge in [0, 0.05) is 12.1 Å². The summed E-state index contributed by atoms with van der Waals surface area (Å²) in [6.45, 7) is 1.97. The van der Waals surface area contributed by atoms with E-state index in [2.05, 4.69) is 16.6 Å². The minimum Gasteiger partial charge on any atom is -0.480 e. The number of amides is 2. The molecule has 0 spiro atoms. The summed E-state index contributed by atoms with van der Waals surface area (Å²) in [5.74, 6) is 1.06. The molecule has 1 unspecified atom stereocenters. The van der Waals surface area contributed by atoms with E-state index in [4.69, 9.17) is 11.5 Å². The van der Waals surface area contributed by atoms with Gasteiger partial charge in [-0.25, -0.2) is 9.59 Å². The highest BCUT2D eigenvalue weighted by molar-refractivity contribution is 5.92. The molecule has 2 amide bonds. The van der Waals surface area contributed by atoms with Gasteiger partial charge in [-0.1, -0.05) is 25.1 Å². The highest BCUT2D eigenvalue weighted by Crippen LogP contribution is 2.15. The van der Waals surface area contributed by atoms with Crippen molar-refractivity contribution in [2.75, 3.05) is 5.32 Å². The zero-order chi connectivity index (χ0) is 14.3. The molecule has 1 rings (SSSR count). The maximum atomic E-state index is 11.7. The summed E-state index contributed by atoms with van der Waals surface area (Å²) in [7, 11) is 0. The topological polar surface area (TPSA) is 78.4 Å². The molecule has 100 valence electrons. The van der Waals surface area contributed by atoms with Crippen molar-refractivity contribution in [1.29, 1.82) is 0 Å². The number of aliphatic carboxylic acids is 1. The predicted molar refractivity (Wildman–Crippen MR) is 72.8 cm³/mol. The zero-order valence-corrected chi connectivity index (χ0v) is 10.6. The molecule has 1 atom stereocenters. The van der Waals surface area contributed by atoms with Gasteiger partial charge in [0.2, 0.25) is 0 Å². The number of carboxylic acids is 1. The Morgan fingerprint density at radius 3 is 2.68 bits per heavy atom. The van der Waals surface area contributed by atoms with Crippen molar-refractivity contribution >= 4 is 17.7 Å². The van der Waals surface area contributed by atoms with Crippen LogP contribution in [0.4, 0.5) is 10.5 Å². The lowest BCUT2D eigenvalue weighted by molar-refractivity contribution is -0.139. The molecule has 0 radical (unpaired) electrons. The summed E-state index contributed by atoms with van der Waals surface area (Å²) in [5, 5.41) is 13.8. The second-order valence-electron chi connectivity index (χ2n) is 3.91. The Hall–Kier alpha value is -2.48. The van der Waals surface area contributed by atoms with Crippen LogP contribution >= 0.6 is 0 Å². The molecule has 0 aliphatic rings. The molecule has 0 heterocycles. The van der Waals surface area contributed by atoms with Gasteiger partial charge in [-0.15, -0.1) is 12.3 Å². The summed E-state index contributed by atoms with van der Waals surface area (Å²) in [5.41, 5.74) is 1.63. The molecule has 5 nitrogen and oxygen atoms in total. The van der Waals surface area contributed by atoms with Gasteiger partial charge in [0.25, 0.3) is 0 Å². The van der Waals surface area contributed by atoms with Crippen molar-refractivity contribution < 1.29 is 14.7 Å². The molecule has 5 heteroatoms. The molecule has 0 aliphatic heterocycles. The zero-order valence-electron chi connectivity index (χ0n) is 10.6. The van der Waals surface area contributed by atoms with Crippen molar-refractivity contribution in [2.24, 2.45) is 0 Å². The maximum absolute atomic E-state index is 11.7. The lowest BCUT2D eigenvalue weighted by Gasteiger charge is -2.14. The molecule has 1 aromatic rings. The summed E-state index contributed by atoms with van der Waals surface area (Å²) >= 11 is 0. The lowest BCUT2D eigenvalue weighted by atomic mass is 10.1. The number of hydrogen-bond acceptors (Lipinski definition) is 2. The van der Waals surface area contributed by atoms with Crippen LogP contribution in [0.1, 0.15) is 18.9 Å². The Morgan fingerprint density at radius 2 is 2.11 bits per heavy atom. The number of nitrogens with one attached hydrogen (secondary N) is 2. The van der Waals surface area contributed by atoms with Gasteiger partial charge < -0.3 is 15.7 Å². The van der Waals surface area contributed by atoms with E-state index in [-0.39, 0.29) is 6.42 Å². The second-order valence-corrected chi connectivity index (χ2v) is 3.91. The summed E-state index contributed by atoms with van der Waals surface area (Å²) in [4.78, 5) is 22.6. The van der Waals surface area contributed by atoms with Crippen molar-refractivity contribution in [3.8, 4) is 12.3 Å². The summed E-state index contributed by atoms with van der Waals surface area (Å²) in [6.07, 6.45) is 5.77. The molecule has 0 aromatic heterocycles. The number of para-hydroxylation sites is 1. The van der Waals surface area contributed by atoms with Gasteiger partial charge in [0.05, 0.1) is 0 Å². The number of anilines is 1. The van der Waals surface area contributed by atoms with E-state index in [0.29, 0.717) is 5.69 Å². The number of rotatable bonds is 5. The quantitative estimate of drug-likeness (QED) is 0.707. The van der Waals surface area contributed by atoms with Crippen LogP contribution in [0.3, 0.4) is 0 Å². The van der Waals surface area contributed by atoms with Crippen molar-refractivity contribution in [1.82, 2.24) is 5.32 Å². The molecule has 3 N–H and O–H groups in total. The summed E-state index contributed by atoms with van der Waals surface area (Å²) < 4.78 is 0. The Labute approximate surface area is 112 Å². The maximum Gasteiger partial charge on any atom is 0.327 e. The Bertz CT molecular complexity index is 506. The Morgan fingerprint density at radius 1 is 1.42 bits per heavy atom. The van der Waals surface area contributed by atoms with Crippen LogP contribution in [0.15, 0.2) is 24.3 Å². The second kappa shape index (κ2) is 7.07. The van der Waals surface area contributed by atoms with Crippen LogP contribution in [0.2, 0.25) is 0 Å². The number of urea groups is 1. The number of hydrogen-bond donors (Lipinski definition) is 3. The standard InChI is InChI=1S/C14H16N2O3/c1-3-7-12(13(17)18)16-14(19)15-11-9-6-5-8-10(11)4-2/h1,5-6,8-9,12H,4,7H2,2H3,(H,17,18)(H2,15,16,19). The van der Waals surface area contributed by atoms with E-state index < -0.39 is 18.0 Å². The third kappa shape index (κ3) is 4.36. The van der Waals surface area contributed by atoms with Gasteiger partial charge in [-0.3, -0.25) is 0 Å². The fraction of sp³-hybridized carbons (Fsp3) is 0.286. The van der Waals surface area contributed by atoms with E-state index in [1.165, 1.54) is 0 Å². The predicted octanol–water partition coefficient (Wildman–Crippen LogP) is 1.85. The normalized spacial score (nSPS) is 11.2. The third-order valence-corrected chi connectivity index (χ3v) is 2.57. The SMILES string of the molecule is C#CCC(NC(=O)Nc1ccccc1CC)C(=O)O. The molecular formula is C14H16N2O3. The van der Waals surface area contributed by atoms with E-state index in [1.807, 2.05) is 19.1 Å². The Balaban J connectivity index is 2.69. The smallest absolute Gasteiger partial charge is 0.327 e. The first-order valence-electron chi connectivity index (χ1n) is 5.90. The average molecular weight is 260 g/mol. The number of aryl methyl sites for hydroxylation is 1. The first kappa shape index (κ1) is 14.6. The van der Waals surface area contributed by atoms with Crippen molar-refractivity contribution in [2.45, 2.75) is 25.8 Å². The van der Waals surface area contributed by atoms with Crippen LogP contribution in [0.5, 0.6) is 0 Å². The van der Waals surface area contributed by atoms with E-state index in [1.54, 1.807) is 12.1 Å². The summed E-state index contributed by atoms with van der Waals surface area (Å²) in [6, 6.07) is 5.66. The highest BCUT2D eigenvalue weighted by Gasteiger charge is 2.18. The third-order valence-electron chi connectivity index (χ3n) is 2.57. The molecule has 19 heavy (non-hydrogen) atoms. The first-order valence-corrected chi connectivity index (χ1v) is 5.90. The van der Waals surface area contributed by atoms with Gasteiger partial charge in [-0.2, -0.15) is 0 Å². The highest BCUT2D eigenvalue weighted by atomic mass is 16.4. The first-order chi connectivity index (χ1) is 9.08. The van der Waals surface area contributed by atoms with E-state index in [9.17, 15) is 9.59 Å². The average Bonchev–Trinajstić information content (AvgIpc) is 2.38. The molecule has 0 saturated heterocycles. The van der Waals surface area contributed by atoms with Crippen LogP contribution in [0.25, 0.3) is 0 Å². The number of carboxylic acid groups (broad SMARTS) is 1. The van der Waals surface area contributed by atoms with Crippen molar-refractivity contribution in [3.63, 3.8) is 0 Å². The minimum absolute atomic E-state index is 0.0574. The Kier molecular flexibility index (Phi) is 5.42. The van der Waals surface area contributed by atoms with Crippen LogP contribution in [0, 0.1) is 12.3 Å². The monoisotopic (exact) mass is 260 g/mol. The lowest BCUT2D eigenvalue weighted by Crippen LogP contribution is -2.42. The molecule has 0 aliphatic carbocycles. The van der Waals surface area contributed by atoms with Crippen LogP contribution in [-0.4, -0.2) is 23.1 Å². The van der Waals surface area contributed by atoms with Crippen molar-refractivity contribution in [3.05, 3.63) is 29.8 Å². The fourth-order valence-corrected chi connectivity index (χ4v) is 1.59. The minimum atomic E-state index is -1.16. The van der Waals surface area contributed by atoms with Crippen LogP contribution in [-0.2, 0) is 11.2 Å². The molecule has 0 bridgehead atoms. The number of carbonyl (C=O) groups excluding carboxylic acids is 1. The van der Waals surface area contributed by atoms with Gasteiger partial charge in [-0.05, 0) is 18.1 Å². The number of benzene rings is 1. The largest absolute Gasteiger partial charge is 0.480 e. The van der Waals surface area contributed by atoms with Gasteiger partial charge in [0.15, 0.2) is 0 Å². The molecule has 0 saturated carbocycles. The van der Waals surface area contributed by atoms with E-state index in [0.717, 1.165) is 12.0 Å². The van der Waals surface area contributed by atoms with E-state index >= 15 is 0 Å². The molecular weight excluding hydrogens is 244 g/mol. The molecule has 1 aromatic carbocycles. The van der Waals surface area contributed by atoms with Crippen LogP contribution < -0.4 is 10.6 Å². The fourth-order valence-electron chi connectivity index (χ4n) is 1.59. The molecule has 0 fully saturated rings. The van der Waals surface area contributed by atoms with Gasteiger partial charge in [0.1, 0.15) is 6.04 Å². The number of terminal acetylenes is 1.